The Bertz CT molecular complexity index is 242. The molecule has 1 aromatic heterocycles. The van der Waals surface area contributed by atoms with Gasteiger partial charge in [-0.15, -0.1) is 0 Å². The van der Waals surface area contributed by atoms with Crippen LogP contribution in [0.2, 0.25) is 0 Å². The molecule has 0 saturated carbocycles. The molecule has 4 heteroatoms. The van der Waals surface area contributed by atoms with E-state index in [1.54, 1.807) is 6.20 Å². The number of aryl methyl sites for hydroxylation is 1. The molecule has 54 valence electrons. The number of hydrogen-bond acceptors (Lipinski definition) is 3. The highest BCUT2D eigenvalue weighted by atomic mass is 16.4. The predicted octanol–water partition coefficient (Wildman–Crippen LogP) is -0.734. The molecule has 0 fully saturated rings. The summed E-state index contributed by atoms with van der Waals surface area (Å²) in [6.07, 6.45) is 3.04. The van der Waals surface area contributed by atoms with Gasteiger partial charge in [0.05, 0.1) is 0 Å². The van der Waals surface area contributed by atoms with Crippen molar-refractivity contribution in [2.75, 3.05) is 0 Å². The molecule has 1 heterocycles. The summed E-state index contributed by atoms with van der Waals surface area (Å²) in [5.41, 5.74) is 0. The molecule has 0 aromatic carbocycles. The van der Waals surface area contributed by atoms with Gasteiger partial charge in [0.1, 0.15) is 5.97 Å². The van der Waals surface area contributed by atoms with E-state index in [4.69, 9.17) is 0 Å². The molecule has 0 radical (unpaired) electrons. The van der Waals surface area contributed by atoms with Crippen LogP contribution in [0.3, 0.4) is 0 Å². The van der Waals surface area contributed by atoms with Crippen LogP contribution in [0, 0.1) is 0 Å². The van der Waals surface area contributed by atoms with Gasteiger partial charge in [0.15, 0.2) is 5.82 Å². The van der Waals surface area contributed by atoms with E-state index in [-0.39, 0.29) is 5.82 Å². The molecule has 0 amide bonds. The third kappa shape index (κ3) is 1.00. The van der Waals surface area contributed by atoms with Gasteiger partial charge in [0.2, 0.25) is 0 Å². The molecular formula is C6H7N2O2-. The molecule has 10 heavy (non-hydrogen) atoms. The molecule has 0 saturated heterocycles. The number of carboxylic acids is 1. The maximum atomic E-state index is 10.2. The topological polar surface area (TPSA) is 58.0 Å². The van der Waals surface area contributed by atoms with Crippen LogP contribution in [-0.2, 0) is 6.54 Å². The van der Waals surface area contributed by atoms with E-state index in [2.05, 4.69) is 4.98 Å². The van der Waals surface area contributed by atoms with E-state index < -0.39 is 5.97 Å². The summed E-state index contributed by atoms with van der Waals surface area (Å²) in [4.78, 5) is 13.8. The van der Waals surface area contributed by atoms with Crippen LogP contribution in [0.15, 0.2) is 12.4 Å². The van der Waals surface area contributed by atoms with Crippen molar-refractivity contribution < 1.29 is 9.90 Å². The summed E-state index contributed by atoms with van der Waals surface area (Å²) < 4.78 is 1.51. The van der Waals surface area contributed by atoms with Crippen molar-refractivity contribution >= 4 is 5.97 Å². The first-order valence-corrected chi connectivity index (χ1v) is 2.98. The molecule has 0 N–H and O–H groups in total. The van der Waals surface area contributed by atoms with Gasteiger partial charge in [-0.2, -0.15) is 0 Å². The normalized spacial score (nSPS) is 9.70. The minimum Gasteiger partial charge on any atom is -0.542 e. The molecule has 0 bridgehead atoms. The van der Waals surface area contributed by atoms with Gasteiger partial charge in [-0.3, -0.25) is 0 Å². The maximum Gasteiger partial charge on any atom is 0.155 e. The first-order valence-electron chi connectivity index (χ1n) is 2.98. The third-order valence-electron chi connectivity index (χ3n) is 1.24. The lowest BCUT2D eigenvalue weighted by atomic mass is 10.6. The van der Waals surface area contributed by atoms with Gasteiger partial charge in [-0.05, 0) is 6.92 Å². The van der Waals surface area contributed by atoms with Crippen molar-refractivity contribution in [3.8, 4) is 0 Å². The molecule has 0 atom stereocenters. The quantitative estimate of drug-likeness (QED) is 0.542. The zero-order valence-corrected chi connectivity index (χ0v) is 5.57. The molecular weight excluding hydrogens is 132 g/mol. The Balaban J connectivity index is 3.01. The highest BCUT2D eigenvalue weighted by Crippen LogP contribution is 1.94. The second-order valence-electron chi connectivity index (χ2n) is 1.82. The number of carboxylic acid groups (broad SMARTS) is 1. The summed E-state index contributed by atoms with van der Waals surface area (Å²) in [6.45, 7) is 2.44. The van der Waals surface area contributed by atoms with Gasteiger partial charge in [0, 0.05) is 18.9 Å². The fourth-order valence-corrected chi connectivity index (χ4v) is 0.754. The van der Waals surface area contributed by atoms with Crippen LogP contribution in [0.25, 0.3) is 0 Å². The average Bonchev–Trinajstić information content (AvgIpc) is 2.33. The summed E-state index contributed by atoms with van der Waals surface area (Å²) in [7, 11) is 0. The lowest BCUT2D eigenvalue weighted by molar-refractivity contribution is -0.256. The largest absolute Gasteiger partial charge is 0.542 e. The average molecular weight is 139 g/mol. The highest BCUT2D eigenvalue weighted by molar-refractivity contribution is 5.81. The summed E-state index contributed by atoms with van der Waals surface area (Å²) in [6, 6.07) is 0. The first-order chi connectivity index (χ1) is 4.75. The molecule has 0 aliphatic heterocycles. The predicted molar refractivity (Wildman–Crippen MR) is 32.2 cm³/mol. The van der Waals surface area contributed by atoms with Gasteiger partial charge in [-0.1, -0.05) is 0 Å². The second-order valence-corrected chi connectivity index (χ2v) is 1.82. The molecule has 0 spiro atoms. The van der Waals surface area contributed by atoms with Crippen LogP contribution >= 0.6 is 0 Å². The smallest absolute Gasteiger partial charge is 0.155 e. The molecule has 0 aliphatic rings. The SMILES string of the molecule is CCn1ccnc1C(=O)[O-]. The summed E-state index contributed by atoms with van der Waals surface area (Å²) in [5, 5.41) is 10.2. The van der Waals surface area contributed by atoms with E-state index >= 15 is 0 Å². The van der Waals surface area contributed by atoms with Crippen molar-refractivity contribution in [1.82, 2.24) is 9.55 Å². The highest BCUT2D eigenvalue weighted by Gasteiger charge is 1.98. The Morgan fingerprint density at radius 3 is 3.00 bits per heavy atom. The molecule has 1 rings (SSSR count). The number of imidazole rings is 1. The maximum absolute atomic E-state index is 10.2. The van der Waals surface area contributed by atoms with Crippen molar-refractivity contribution in [3.63, 3.8) is 0 Å². The number of aromatic nitrogens is 2. The van der Waals surface area contributed by atoms with Crippen molar-refractivity contribution in [2.24, 2.45) is 0 Å². The summed E-state index contributed by atoms with van der Waals surface area (Å²) in [5.74, 6) is -1.24. The number of aromatic carboxylic acids is 1. The van der Waals surface area contributed by atoms with Crippen LogP contribution in [0.1, 0.15) is 17.5 Å². The monoisotopic (exact) mass is 139 g/mol. The van der Waals surface area contributed by atoms with Crippen LogP contribution in [0.5, 0.6) is 0 Å². The number of hydrogen-bond donors (Lipinski definition) is 0. The van der Waals surface area contributed by atoms with Gasteiger partial charge in [0.25, 0.3) is 0 Å². The van der Waals surface area contributed by atoms with E-state index in [0.717, 1.165) is 0 Å². The lowest BCUT2D eigenvalue weighted by Crippen LogP contribution is -2.26. The van der Waals surface area contributed by atoms with Crippen molar-refractivity contribution in [2.45, 2.75) is 13.5 Å². The van der Waals surface area contributed by atoms with Gasteiger partial charge >= 0.3 is 0 Å². The van der Waals surface area contributed by atoms with E-state index in [0.29, 0.717) is 6.54 Å². The van der Waals surface area contributed by atoms with Gasteiger partial charge in [-0.25, -0.2) is 4.98 Å². The van der Waals surface area contributed by atoms with Crippen LogP contribution < -0.4 is 5.11 Å². The molecule has 0 aliphatic carbocycles. The minimum absolute atomic E-state index is 0.0116. The fourth-order valence-electron chi connectivity index (χ4n) is 0.754. The lowest BCUT2D eigenvalue weighted by Gasteiger charge is -2.03. The van der Waals surface area contributed by atoms with E-state index in [1.807, 2.05) is 6.92 Å². The zero-order chi connectivity index (χ0) is 7.56. The van der Waals surface area contributed by atoms with Gasteiger partial charge < -0.3 is 14.5 Å². The Kier molecular flexibility index (Phi) is 1.71. The Labute approximate surface area is 58.1 Å². The number of carbonyl (C=O) groups is 1. The standard InChI is InChI=1S/C6H8N2O2/c1-2-8-4-3-7-5(8)6(9)10/h3-4H,2H2,1H3,(H,9,10)/p-1. The van der Waals surface area contributed by atoms with Crippen molar-refractivity contribution in [3.05, 3.63) is 18.2 Å². The molecule has 4 nitrogen and oxygen atoms in total. The Hall–Kier alpha value is -1.32. The summed E-state index contributed by atoms with van der Waals surface area (Å²) >= 11 is 0. The Morgan fingerprint density at radius 2 is 2.60 bits per heavy atom. The Morgan fingerprint density at radius 1 is 1.90 bits per heavy atom. The number of nitrogens with zero attached hydrogens (tertiary/aromatic N) is 2. The minimum atomic E-state index is -1.23. The fraction of sp³-hybridized carbons (Fsp3) is 0.333. The third-order valence-corrected chi connectivity index (χ3v) is 1.24. The zero-order valence-electron chi connectivity index (χ0n) is 5.57. The van der Waals surface area contributed by atoms with E-state index in [1.165, 1.54) is 10.8 Å². The van der Waals surface area contributed by atoms with E-state index in [9.17, 15) is 9.90 Å². The molecule has 0 unspecified atom stereocenters. The van der Waals surface area contributed by atoms with Crippen LogP contribution in [-0.4, -0.2) is 15.5 Å². The second kappa shape index (κ2) is 2.51. The number of rotatable bonds is 2. The van der Waals surface area contributed by atoms with Crippen molar-refractivity contribution in [1.29, 1.82) is 0 Å². The first kappa shape index (κ1) is 6.80. The van der Waals surface area contributed by atoms with Crippen LogP contribution in [0.4, 0.5) is 0 Å². The number of carbonyl (C=O) groups excluding carboxylic acids is 1. The molecule has 1 aromatic rings.